The van der Waals surface area contributed by atoms with E-state index in [9.17, 15) is 0 Å². The zero-order chi connectivity index (χ0) is 30.5. The van der Waals surface area contributed by atoms with Crippen molar-refractivity contribution >= 4 is 30.3 Å². The molecule has 5 aromatic rings. The van der Waals surface area contributed by atoms with Gasteiger partial charge in [-0.05, 0) is 45.7 Å². The van der Waals surface area contributed by atoms with Crippen molar-refractivity contribution < 1.29 is 18.4 Å². The minimum Gasteiger partial charge on any atom is -0.493 e. The topological polar surface area (TPSA) is 77.5 Å². The van der Waals surface area contributed by atoms with Gasteiger partial charge in [-0.15, -0.1) is 0 Å². The highest BCUT2D eigenvalue weighted by Crippen LogP contribution is 2.38. The number of methoxy groups -OCH3 is 1. The first kappa shape index (κ1) is 30.1. The Morgan fingerprint density at radius 3 is 2.07 bits per heavy atom. The Labute approximate surface area is 258 Å². The third-order valence-electron chi connectivity index (χ3n) is 7.38. The Hall–Kier alpha value is -4.35. The molecule has 0 saturated carbocycles. The van der Waals surface area contributed by atoms with E-state index < -0.39 is 8.32 Å². The van der Waals surface area contributed by atoms with Crippen LogP contribution in [-0.2, 0) is 10.8 Å². The molecule has 43 heavy (non-hydrogen) atoms. The minimum absolute atomic E-state index is 0.107. The normalized spacial score (nSPS) is 11.6. The Bertz CT molecular complexity index is 1690. The molecule has 0 aliphatic rings. The van der Waals surface area contributed by atoms with E-state index in [0.717, 1.165) is 11.3 Å². The highest BCUT2D eigenvalue weighted by atomic mass is 35.5. The molecule has 6 nitrogen and oxygen atoms in total. The van der Waals surface area contributed by atoms with Gasteiger partial charge in [0.1, 0.15) is 17.2 Å². The second-order valence-corrected chi connectivity index (χ2v) is 15.9. The molecule has 0 spiro atoms. The maximum Gasteiger partial charge on any atom is 0.261 e. The van der Waals surface area contributed by atoms with Crippen molar-refractivity contribution in [3.8, 4) is 34.6 Å². The standard InChI is InChI=1S/C35H33ClN2O4Si/c1-35(2,3)43(28-11-7-5-8-12-28,29-13-9-6-10-14-29)40-20-19-27-23-31(38-42-27)26-16-18-32(30(36)22-26)41-33-17-15-25(24-37)21-34(33)39-4/h5-18,21-23H,19-20H2,1-4H3. The van der Waals surface area contributed by atoms with Crippen molar-refractivity contribution in [3.05, 3.63) is 119 Å². The lowest BCUT2D eigenvalue weighted by atomic mass is 10.1. The van der Waals surface area contributed by atoms with Crippen molar-refractivity contribution in [2.45, 2.75) is 32.2 Å². The molecule has 4 aromatic carbocycles. The summed E-state index contributed by atoms with van der Waals surface area (Å²) in [6, 6.07) is 35.6. The zero-order valence-corrected chi connectivity index (χ0v) is 26.4. The van der Waals surface area contributed by atoms with Crippen molar-refractivity contribution in [1.82, 2.24) is 5.16 Å². The number of ether oxygens (including phenoxy) is 2. The van der Waals surface area contributed by atoms with Gasteiger partial charge in [0.05, 0.1) is 23.8 Å². The molecule has 0 fully saturated rings. The fourth-order valence-electron chi connectivity index (χ4n) is 5.32. The van der Waals surface area contributed by atoms with Crippen LogP contribution in [0.25, 0.3) is 11.3 Å². The summed E-state index contributed by atoms with van der Waals surface area (Å²) in [6.45, 7) is 7.28. The molecule has 0 unspecified atom stereocenters. The fraction of sp³-hybridized carbons (Fsp3) is 0.200. The molecule has 5 rings (SSSR count). The number of rotatable bonds is 10. The molecule has 218 valence electrons. The number of hydrogen-bond donors (Lipinski definition) is 0. The maximum atomic E-state index is 9.15. The molecule has 8 heteroatoms. The summed E-state index contributed by atoms with van der Waals surface area (Å²) in [4.78, 5) is 0. The SMILES string of the molecule is COc1cc(C#N)ccc1Oc1ccc(-c2cc(CCO[Si](c3ccccc3)(c3ccccc3)C(C)(C)C)on2)cc1Cl. The van der Waals surface area contributed by atoms with Crippen LogP contribution in [0.2, 0.25) is 10.1 Å². The van der Waals surface area contributed by atoms with E-state index in [0.29, 0.717) is 46.6 Å². The van der Waals surface area contributed by atoms with Crippen LogP contribution < -0.4 is 19.8 Å². The van der Waals surface area contributed by atoms with Crippen LogP contribution >= 0.6 is 11.6 Å². The summed E-state index contributed by atoms with van der Waals surface area (Å²) in [7, 11) is -1.11. The summed E-state index contributed by atoms with van der Waals surface area (Å²) in [5, 5.41) is 16.2. The van der Waals surface area contributed by atoms with Gasteiger partial charge < -0.3 is 18.4 Å². The molecule has 0 radical (unpaired) electrons. The second-order valence-electron chi connectivity index (χ2n) is 11.2. The Balaban J connectivity index is 1.33. The van der Waals surface area contributed by atoms with E-state index in [1.807, 2.05) is 24.3 Å². The van der Waals surface area contributed by atoms with Crippen molar-refractivity contribution in [1.29, 1.82) is 5.26 Å². The summed E-state index contributed by atoms with van der Waals surface area (Å²) in [5.41, 5.74) is 1.95. The second kappa shape index (κ2) is 12.9. The highest BCUT2D eigenvalue weighted by Gasteiger charge is 2.50. The molecular weight excluding hydrogens is 576 g/mol. The van der Waals surface area contributed by atoms with Gasteiger partial charge in [0, 0.05) is 30.7 Å². The third kappa shape index (κ3) is 6.37. The summed E-state index contributed by atoms with van der Waals surface area (Å²) >= 11 is 6.59. The van der Waals surface area contributed by atoms with Crippen LogP contribution in [0.5, 0.6) is 17.2 Å². The molecule has 0 aliphatic heterocycles. The van der Waals surface area contributed by atoms with E-state index in [4.69, 9.17) is 35.3 Å². The lowest BCUT2D eigenvalue weighted by Gasteiger charge is -2.43. The summed E-state index contributed by atoms with van der Waals surface area (Å²) in [5.74, 6) is 2.09. The fourth-order valence-corrected chi connectivity index (χ4v) is 10.1. The van der Waals surface area contributed by atoms with E-state index >= 15 is 0 Å². The maximum absolute atomic E-state index is 9.15. The van der Waals surface area contributed by atoms with E-state index in [2.05, 4.69) is 80.5 Å². The lowest BCUT2D eigenvalue weighted by Crippen LogP contribution is -2.66. The summed E-state index contributed by atoms with van der Waals surface area (Å²) in [6.07, 6.45) is 0.574. The van der Waals surface area contributed by atoms with Crippen LogP contribution in [-0.4, -0.2) is 27.2 Å². The van der Waals surface area contributed by atoms with Gasteiger partial charge in [-0.1, -0.05) is 98.2 Å². The lowest BCUT2D eigenvalue weighted by molar-refractivity contribution is 0.281. The first-order chi connectivity index (χ1) is 20.7. The van der Waals surface area contributed by atoms with E-state index in [-0.39, 0.29) is 5.04 Å². The monoisotopic (exact) mass is 608 g/mol. The van der Waals surface area contributed by atoms with Crippen molar-refractivity contribution in [3.63, 3.8) is 0 Å². The van der Waals surface area contributed by atoms with Crippen molar-refractivity contribution in [2.75, 3.05) is 13.7 Å². The predicted octanol–water partition coefficient (Wildman–Crippen LogP) is 7.79. The van der Waals surface area contributed by atoms with Gasteiger partial charge in [-0.2, -0.15) is 5.26 Å². The molecule has 0 amide bonds. The van der Waals surface area contributed by atoms with Crippen LogP contribution in [0.4, 0.5) is 0 Å². The van der Waals surface area contributed by atoms with Gasteiger partial charge in [-0.25, -0.2) is 0 Å². The minimum atomic E-state index is -2.64. The average molecular weight is 609 g/mol. The molecule has 0 bridgehead atoms. The van der Waals surface area contributed by atoms with Crippen molar-refractivity contribution in [2.24, 2.45) is 0 Å². The first-order valence-corrected chi connectivity index (χ1v) is 16.3. The first-order valence-electron chi connectivity index (χ1n) is 14.0. The van der Waals surface area contributed by atoms with E-state index in [1.165, 1.54) is 17.5 Å². The Morgan fingerprint density at radius 2 is 1.49 bits per heavy atom. The van der Waals surface area contributed by atoms with Gasteiger partial charge in [0.2, 0.25) is 0 Å². The summed E-state index contributed by atoms with van der Waals surface area (Å²) < 4.78 is 24.1. The van der Waals surface area contributed by atoms with Gasteiger partial charge in [0.15, 0.2) is 11.5 Å². The average Bonchev–Trinajstić information content (AvgIpc) is 3.49. The highest BCUT2D eigenvalue weighted by molar-refractivity contribution is 6.99. The van der Waals surface area contributed by atoms with Gasteiger partial charge in [0.25, 0.3) is 8.32 Å². The van der Waals surface area contributed by atoms with E-state index in [1.54, 1.807) is 30.3 Å². The number of nitriles is 1. The van der Waals surface area contributed by atoms with Crippen LogP contribution in [0.3, 0.4) is 0 Å². The molecule has 0 saturated heterocycles. The molecule has 0 N–H and O–H groups in total. The predicted molar refractivity (Wildman–Crippen MR) is 172 cm³/mol. The number of aromatic nitrogens is 1. The quantitative estimate of drug-likeness (QED) is 0.151. The number of halogens is 1. The Kier molecular flexibility index (Phi) is 9.02. The number of nitrogens with zero attached hydrogens (tertiary/aromatic N) is 2. The Morgan fingerprint density at radius 1 is 0.837 bits per heavy atom. The van der Waals surface area contributed by atoms with Crippen LogP contribution in [0, 0.1) is 11.3 Å². The molecule has 0 atom stereocenters. The van der Waals surface area contributed by atoms with Gasteiger partial charge >= 0.3 is 0 Å². The molecule has 0 aliphatic carbocycles. The largest absolute Gasteiger partial charge is 0.493 e. The molecule has 1 heterocycles. The molecule has 1 aromatic heterocycles. The molecular formula is C35H33ClN2O4Si. The smallest absolute Gasteiger partial charge is 0.261 e. The number of hydrogen-bond acceptors (Lipinski definition) is 6. The number of benzene rings is 4. The third-order valence-corrected chi connectivity index (χ3v) is 12.7. The zero-order valence-electron chi connectivity index (χ0n) is 24.6. The van der Waals surface area contributed by atoms with Gasteiger partial charge in [-0.3, -0.25) is 0 Å². The van der Waals surface area contributed by atoms with Crippen LogP contribution in [0.15, 0.2) is 108 Å². The van der Waals surface area contributed by atoms with Crippen LogP contribution in [0.1, 0.15) is 32.1 Å².